The lowest BCUT2D eigenvalue weighted by molar-refractivity contribution is 0.205. The van der Waals surface area contributed by atoms with Crippen LogP contribution in [0.2, 0.25) is 0 Å². The van der Waals surface area contributed by atoms with Crippen LogP contribution in [0.15, 0.2) is 35.7 Å². The lowest BCUT2D eigenvalue weighted by atomic mass is 10.3. The van der Waals surface area contributed by atoms with Crippen LogP contribution < -0.4 is 5.73 Å². The third-order valence-corrected chi connectivity index (χ3v) is 2.26. The number of primary amides is 1. The molecule has 0 fully saturated rings. The first-order valence-corrected chi connectivity index (χ1v) is 4.49. The van der Waals surface area contributed by atoms with E-state index in [1.807, 2.05) is 0 Å². The molecule has 4 heteroatoms. The first-order valence-electron chi connectivity index (χ1n) is 3.61. The summed E-state index contributed by atoms with van der Waals surface area (Å²) >= 11 is 1.79. The highest BCUT2D eigenvalue weighted by Crippen LogP contribution is 2.18. The van der Waals surface area contributed by atoms with Gasteiger partial charge >= 0.3 is 6.09 Å². The Bertz CT molecular complexity index is 363. The molecular formula is C9H9NO2S. The lowest BCUT2D eigenvalue weighted by Crippen LogP contribution is -2.03. The summed E-state index contributed by atoms with van der Waals surface area (Å²) in [5.74, 6) is 0. The van der Waals surface area contributed by atoms with Crippen molar-refractivity contribution >= 4 is 27.5 Å². The maximum absolute atomic E-state index is 8.78. The summed E-state index contributed by atoms with van der Waals surface area (Å²) in [6, 6.07) is 10.5. The number of fused-ring (bicyclic) bond motifs is 1. The monoisotopic (exact) mass is 195 g/mol. The third-order valence-electron chi connectivity index (χ3n) is 1.36. The summed E-state index contributed by atoms with van der Waals surface area (Å²) in [7, 11) is 0. The van der Waals surface area contributed by atoms with Crippen LogP contribution >= 0.6 is 11.3 Å². The van der Waals surface area contributed by atoms with Crippen LogP contribution in [0.4, 0.5) is 4.79 Å². The van der Waals surface area contributed by atoms with E-state index < -0.39 is 6.09 Å². The molecule has 1 heterocycles. The Morgan fingerprint density at radius 3 is 2.54 bits per heavy atom. The second-order valence-electron chi connectivity index (χ2n) is 2.30. The summed E-state index contributed by atoms with van der Waals surface area (Å²) in [6.07, 6.45) is -1.33. The predicted molar refractivity (Wildman–Crippen MR) is 54.0 cm³/mol. The number of thiophene rings is 1. The molecule has 0 aliphatic carbocycles. The molecular weight excluding hydrogens is 186 g/mol. The van der Waals surface area contributed by atoms with Gasteiger partial charge < -0.3 is 10.8 Å². The van der Waals surface area contributed by atoms with Crippen molar-refractivity contribution in [3.05, 3.63) is 35.7 Å². The summed E-state index contributed by atoms with van der Waals surface area (Å²) in [5.41, 5.74) is 4.03. The molecule has 0 saturated carbocycles. The van der Waals surface area contributed by atoms with Crippen molar-refractivity contribution in [3.8, 4) is 0 Å². The fourth-order valence-electron chi connectivity index (χ4n) is 0.906. The van der Waals surface area contributed by atoms with Gasteiger partial charge in [-0.25, -0.2) is 4.79 Å². The van der Waals surface area contributed by atoms with Gasteiger partial charge in [-0.1, -0.05) is 18.2 Å². The fourth-order valence-corrected chi connectivity index (χ4v) is 1.70. The summed E-state index contributed by atoms with van der Waals surface area (Å²) in [6.45, 7) is 0. The van der Waals surface area contributed by atoms with Gasteiger partial charge in [0.25, 0.3) is 0 Å². The van der Waals surface area contributed by atoms with Crippen LogP contribution in [-0.4, -0.2) is 11.2 Å². The Labute approximate surface area is 79.4 Å². The zero-order valence-electron chi connectivity index (χ0n) is 6.81. The molecule has 1 aromatic carbocycles. The number of carbonyl (C=O) groups is 1. The highest BCUT2D eigenvalue weighted by atomic mass is 32.1. The van der Waals surface area contributed by atoms with Crippen LogP contribution in [0.1, 0.15) is 0 Å². The van der Waals surface area contributed by atoms with Crippen molar-refractivity contribution in [2.24, 2.45) is 5.73 Å². The largest absolute Gasteiger partial charge is 0.465 e. The highest BCUT2D eigenvalue weighted by molar-refractivity contribution is 7.17. The lowest BCUT2D eigenvalue weighted by Gasteiger charge is -1.82. The van der Waals surface area contributed by atoms with E-state index in [-0.39, 0.29) is 0 Å². The SMILES string of the molecule is NC(=O)O.c1ccc2sccc2c1. The van der Waals surface area contributed by atoms with E-state index in [2.05, 4.69) is 41.4 Å². The molecule has 3 nitrogen and oxygen atoms in total. The average molecular weight is 195 g/mol. The first kappa shape index (κ1) is 9.54. The number of benzene rings is 1. The number of hydrogen-bond acceptors (Lipinski definition) is 2. The Morgan fingerprint density at radius 1 is 1.31 bits per heavy atom. The van der Waals surface area contributed by atoms with Crippen molar-refractivity contribution in [2.45, 2.75) is 0 Å². The Kier molecular flexibility index (Phi) is 3.28. The van der Waals surface area contributed by atoms with Crippen LogP contribution in [0.5, 0.6) is 0 Å². The van der Waals surface area contributed by atoms with Crippen LogP contribution in [0.25, 0.3) is 10.1 Å². The van der Waals surface area contributed by atoms with Gasteiger partial charge in [0.1, 0.15) is 0 Å². The van der Waals surface area contributed by atoms with Crippen molar-refractivity contribution < 1.29 is 9.90 Å². The minimum absolute atomic E-state index is 1.33. The van der Waals surface area contributed by atoms with E-state index in [9.17, 15) is 0 Å². The van der Waals surface area contributed by atoms with Gasteiger partial charge in [-0.3, -0.25) is 0 Å². The van der Waals surface area contributed by atoms with Gasteiger partial charge in [0.05, 0.1) is 0 Å². The van der Waals surface area contributed by atoms with Crippen LogP contribution in [-0.2, 0) is 0 Å². The molecule has 0 spiro atoms. The van der Waals surface area contributed by atoms with Gasteiger partial charge in [-0.15, -0.1) is 11.3 Å². The standard InChI is InChI=1S/C8H6S.CH3NO2/c1-2-4-8-7(3-1)5-6-9-8;2-1(3)4/h1-6H;2H2,(H,3,4). The maximum atomic E-state index is 8.78. The Hall–Kier alpha value is -1.55. The van der Waals surface area contributed by atoms with E-state index in [0.717, 1.165) is 0 Å². The summed E-state index contributed by atoms with van der Waals surface area (Å²) in [4.78, 5) is 8.78. The molecule has 68 valence electrons. The molecule has 0 radical (unpaired) electrons. The Morgan fingerprint density at radius 2 is 1.92 bits per heavy atom. The van der Waals surface area contributed by atoms with Gasteiger partial charge in [0, 0.05) is 4.70 Å². The van der Waals surface area contributed by atoms with Gasteiger partial charge in [0.15, 0.2) is 0 Å². The van der Waals surface area contributed by atoms with E-state index in [1.54, 1.807) is 11.3 Å². The second-order valence-corrected chi connectivity index (χ2v) is 3.24. The normalized spacial score (nSPS) is 8.92. The van der Waals surface area contributed by atoms with Crippen molar-refractivity contribution in [3.63, 3.8) is 0 Å². The molecule has 0 unspecified atom stereocenters. The highest BCUT2D eigenvalue weighted by Gasteiger charge is 1.87. The number of amides is 1. The van der Waals surface area contributed by atoms with E-state index in [4.69, 9.17) is 9.90 Å². The van der Waals surface area contributed by atoms with E-state index in [1.165, 1.54) is 10.1 Å². The summed E-state index contributed by atoms with van der Waals surface area (Å²) in [5, 5.41) is 10.7. The zero-order valence-corrected chi connectivity index (χ0v) is 7.62. The topological polar surface area (TPSA) is 63.3 Å². The quantitative estimate of drug-likeness (QED) is 0.678. The van der Waals surface area contributed by atoms with Gasteiger partial charge in [0.2, 0.25) is 0 Å². The van der Waals surface area contributed by atoms with Gasteiger partial charge in [-0.05, 0) is 22.9 Å². The molecule has 1 aromatic heterocycles. The molecule has 1 amide bonds. The molecule has 0 bridgehead atoms. The first-order chi connectivity index (χ1) is 6.20. The van der Waals surface area contributed by atoms with Crippen molar-refractivity contribution in [1.82, 2.24) is 0 Å². The maximum Gasteiger partial charge on any atom is 0.402 e. The number of hydrogen-bond donors (Lipinski definition) is 2. The van der Waals surface area contributed by atoms with Crippen LogP contribution in [0, 0.1) is 0 Å². The fraction of sp³-hybridized carbons (Fsp3) is 0. The minimum atomic E-state index is -1.33. The van der Waals surface area contributed by atoms with Crippen molar-refractivity contribution in [2.75, 3.05) is 0 Å². The second kappa shape index (κ2) is 4.47. The zero-order chi connectivity index (χ0) is 9.68. The van der Waals surface area contributed by atoms with Crippen molar-refractivity contribution in [1.29, 1.82) is 0 Å². The molecule has 0 atom stereocenters. The van der Waals surface area contributed by atoms with Gasteiger partial charge in [-0.2, -0.15) is 0 Å². The minimum Gasteiger partial charge on any atom is -0.465 e. The molecule has 3 N–H and O–H groups in total. The molecule has 0 saturated heterocycles. The Balaban J connectivity index is 0.000000184. The van der Waals surface area contributed by atoms with E-state index >= 15 is 0 Å². The number of rotatable bonds is 0. The predicted octanol–water partition coefficient (Wildman–Crippen LogP) is 2.52. The average Bonchev–Trinajstić information content (AvgIpc) is 2.49. The third kappa shape index (κ3) is 3.13. The molecule has 2 aromatic rings. The summed E-state index contributed by atoms with van der Waals surface area (Å²) < 4.78 is 1.37. The number of carboxylic acid groups (broad SMARTS) is 1. The molecule has 2 rings (SSSR count). The molecule has 0 aliphatic rings. The van der Waals surface area contributed by atoms with Crippen LogP contribution in [0.3, 0.4) is 0 Å². The number of nitrogens with two attached hydrogens (primary N) is 1. The van der Waals surface area contributed by atoms with E-state index in [0.29, 0.717) is 0 Å². The molecule has 0 aliphatic heterocycles. The smallest absolute Gasteiger partial charge is 0.402 e. The molecule has 13 heavy (non-hydrogen) atoms.